The van der Waals surface area contributed by atoms with E-state index in [1.54, 1.807) is 17.0 Å². The van der Waals surface area contributed by atoms with Crippen LogP contribution in [-0.2, 0) is 14.3 Å². The fourth-order valence-corrected chi connectivity index (χ4v) is 2.77. The number of amides is 1. The summed E-state index contributed by atoms with van der Waals surface area (Å²) in [4.78, 5) is 13.7. The minimum atomic E-state index is 0.00365. The highest BCUT2D eigenvalue weighted by atomic mass is 35.5. The standard InChI is InChI=1S/C16H20ClNO4/c17-12-3-1-4-13(7-12)22-15-8-18(9-15)16(19)11-20-10-14-5-2-6-21-14/h1,3-4,7,14-15H,2,5-6,8-11H2/t14-/m0/s1. The Bertz CT molecular complexity index is 513. The monoisotopic (exact) mass is 325 g/mol. The van der Waals surface area contributed by atoms with Crippen molar-refractivity contribution < 1.29 is 19.0 Å². The maximum atomic E-state index is 11.9. The maximum absolute atomic E-state index is 11.9. The van der Waals surface area contributed by atoms with Gasteiger partial charge in [-0.25, -0.2) is 0 Å². The van der Waals surface area contributed by atoms with Gasteiger partial charge < -0.3 is 19.1 Å². The Hall–Kier alpha value is -1.30. The van der Waals surface area contributed by atoms with Gasteiger partial charge >= 0.3 is 0 Å². The molecule has 120 valence electrons. The van der Waals surface area contributed by atoms with Crippen molar-refractivity contribution in [3.05, 3.63) is 29.3 Å². The highest BCUT2D eigenvalue weighted by Gasteiger charge is 2.32. The van der Waals surface area contributed by atoms with Crippen molar-refractivity contribution in [1.29, 1.82) is 0 Å². The van der Waals surface area contributed by atoms with Crippen LogP contribution >= 0.6 is 11.6 Å². The van der Waals surface area contributed by atoms with Gasteiger partial charge in [-0.3, -0.25) is 4.79 Å². The van der Waals surface area contributed by atoms with Crippen molar-refractivity contribution in [2.45, 2.75) is 25.0 Å². The Kier molecular flexibility index (Phi) is 5.18. The number of likely N-dealkylation sites (tertiary alicyclic amines) is 1. The molecule has 22 heavy (non-hydrogen) atoms. The highest BCUT2D eigenvalue weighted by molar-refractivity contribution is 6.30. The van der Waals surface area contributed by atoms with Crippen molar-refractivity contribution in [2.24, 2.45) is 0 Å². The van der Waals surface area contributed by atoms with Crippen molar-refractivity contribution >= 4 is 17.5 Å². The molecule has 1 aromatic rings. The Labute approximate surface area is 135 Å². The van der Waals surface area contributed by atoms with Gasteiger partial charge in [-0.15, -0.1) is 0 Å². The van der Waals surface area contributed by atoms with Gasteiger partial charge in [0.25, 0.3) is 0 Å². The number of hydrogen-bond acceptors (Lipinski definition) is 4. The van der Waals surface area contributed by atoms with Crippen molar-refractivity contribution in [3.63, 3.8) is 0 Å². The van der Waals surface area contributed by atoms with E-state index < -0.39 is 0 Å². The minimum Gasteiger partial charge on any atom is -0.487 e. The predicted octanol–water partition coefficient (Wildman–Crippen LogP) is 2.13. The second kappa shape index (κ2) is 7.31. The molecule has 5 nitrogen and oxygen atoms in total. The molecule has 0 aromatic heterocycles. The predicted molar refractivity (Wildman–Crippen MR) is 82.2 cm³/mol. The van der Waals surface area contributed by atoms with Crippen LogP contribution < -0.4 is 4.74 Å². The van der Waals surface area contributed by atoms with E-state index in [-0.39, 0.29) is 24.7 Å². The number of ether oxygens (including phenoxy) is 3. The third-order valence-corrected chi connectivity index (χ3v) is 4.09. The van der Waals surface area contributed by atoms with Crippen molar-refractivity contribution in [1.82, 2.24) is 4.90 Å². The molecule has 0 aliphatic carbocycles. The number of rotatable bonds is 6. The first-order chi connectivity index (χ1) is 10.7. The summed E-state index contributed by atoms with van der Waals surface area (Å²) in [6.45, 7) is 2.60. The van der Waals surface area contributed by atoms with Crippen molar-refractivity contribution in [3.8, 4) is 5.75 Å². The molecule has 0 spiro atoms. The van der Waals surface area contributed by atoms with Gasteiger partial charge in [-0.1, -0.05) is 17.7 Å². The number of benzene rings is 1. The van der Waals surface area contributed by atoms with Gasteiger partial charge in [-0.2, -0.15) is 0 Å². The number of carbonyl (C=O) groups is 1. The first kappa shape index (κ1) is 15.6. The first-order valence-corrected chi connectivity index (χ1v) is 7.98. The summed E-state index contributed by atoms with van der Waals surface area (Å²) in [5.74, 6) is 0.739. The number of nitrogens with zero attached hydrogens (tertiary/aromatic N) is 1. The molecule has 2 heterocycles. The Morgan fingerprint density at radius 2 is 2.27 bits per heavy atom. The molecule has 1 amide bonds. The molecular weight excluding hydrogens is 306 g/mol. The summed E-state index contributed by atoms with van der Waals surface area (Å²) in [6, 6.07) is 7.28. The number of hydrogen-bond donors (Lipinski definition) is 0. The lowest BCUT2D eigenvalue weighted by Gasteiger charge is -2.38. The van der Waals surface area contributed by atoms with E-state index >= 15 is 0 Å². The lowest BCUT2D eigenvalue weighted by Crippen LogP contribution is -2.57. The normalized spacial score (nSPS) is 21.7. The van der Waals surface area contributed by atoms with Gasteiger partial charge in [0.1, 0.15) is 18.5 Å². The average molecular weight is 326 g/mol. The van der Waals surface area contributed by atoms with Crippen LogP contribution in [0.15, 0.2) is 24.3 Å². The molecule has 2 fully saturated rings. The second-order valence-electron chi connectivity index (χ2n) is 5.65. The van der Waals surface area contributed by atoms with E-state index in [9.17, 15) is 4.79 Å². The third kappa shape index (κ3) is 4.12. The second-order valence-corrected chi connectivity index (χ2v) is 6.08. The van der Waals surface area contributed by atoms with Gasteiger partial charge in [0.15, 0.2) is 0 Å². The van der Waals surface area contributed by atoms with E-state index in [0.29, 0.717) is 24.7 Å². The molecule has 3 rings (SSSR count). The van der Waals surface area contributed by atoms with Crippen LogP contribution in [0.25, 0.3) is 0 Å². The summed E-state index contributed by atoms with van der Waals surface area (Å²) in [7, 11) is 0. The maximum Gasteiger partial charge on any atom is 0.248 e. The summed E-state index contributed by atoms with van der Waals surface area (Å²) in [5.41, 5.74) is 0. The zero-order chi connectivity index (χ0) is 15.4. The van der Waals surface area contributed by atoms with Gasteiger partial charge in [0.2, 0.25) is 5.91 Å². The molecule has 0 unspecified atom stereocenters. The van der Waals surface area contributed by atoms with E-state index in [1.807, 2.05) is 12.1 Å². The van der Waals surface area contributed by atoms with E-state index in [0.717, 1.165) is 25.2 Å². The van der Waals surface area contributed by atoms with Crippen LogP contribution in [0.2, 0.25) is 5.02 Å². The smallest absolute Gasteiger partial charge is 0.248 e. The summed E-state index contributed by atoms with van der Waals surface area (Å²) < 4.78 is 16.6. The van der Waals surface area contributed by atoms with Crippen LogP contribution in [0.1, 0.15) is 12.8 Å². The SMILES string of the molecule is O=C(COC[C@@H]1CCCO1)N1CC(Oc2cccc(Cl)c2)C1. The van der Waals surface area contributed by atoms with Crippen LogP contribution in [0.5, 0.6) is 5.75 Å². The number of halogens is 1. The van der Waals surface area contributed by atoms with Crippen molar-refractivity contribution in [2.75, 3.05) is 32.9 Å². The highest BCUT2D eigenvalue weighted by Crippen LogP contribution is 2.21. The van der Waals surface area contributed by atoms with Gasteiger partial charge in [0, 0.05) is 11.6 Å². The number of carbonyl (C=O) groups excluding carboxylic acids is 1. The van der Waals surface area contributed by atoms with E-state index in [1.165, 1.54) is 0 Å². The molecule has 0 saturated carbocycles. The third-order valence-electron chi connectivity index (χ3n) is 3.85. The van der Waals surface area contributed by atoms with Crippen LogP contribution in [0.4, 0.5) is 0 Å². The molecule has 1 atom stereocenters. The van der Waals surface area contributed by atoms with Crippen LogP contribution in [0, 0.1) is 0 Å². The summed E-state index contributed by atoms with van der Waals surface area (Å²) >= 11 is 5.91. The molecule has 1 aromatic carbocycles. The van der Waals surface area contributed by atoms with Gasteiger partial charge in [-0.05, 0) is 31.0 Å². The molecule has 0 N–H and O–H groups in total. The summed E-state index contributed by atoms with van der Waals surface area (Å²) in [5, 5.41) is 0.646. The Morgan fingerprint density at radius 1 is 1.41 bits per heavy atom. The first-order valence-electron chi connectivity index (χ1n) is 7.60. The molecule has 0 bridgehead atoms. The average Bonchev–Trinajstić information content (AvgIpc) is 2.95. The fraction of sp³-hybridized carbons (Fsp3) is 0.562. The molecule has 0 radical (unpaired) electrons. The lowest BCUT2D eigenvalue weighted by molar-refractivity contribution is -0.146. The van der Waals surface area contributed by atoms with E-state index in [2.05, 4.69) is 0 Å². The molecule has 2 aliphatic rings. The largest absolute Gasteiger partial charge is 0.487 e. The fourth-order valence-electron chi connectivity index (χ4n) is 2.59. The molecular formula is C16H20ClNO4. The minimum absolute atomic E-state index is 0.00365. The molecule has 2 aliphatic heterocycles. The Morgan fingerprint density at radius 3 is 3.00 bits per heavy atom. The molecule has 6 heteroatoms. The van der Waals surface area contributed by atoms with Crippen LogP contribution in [-0.4, -0.2) is 55.9 Å². The zero-order valence-corrected chi connectivity index (χ0v) is 13.1. The topological polar surface area (TPSA) is 48.0 Å². The zero-order valence-electron chi connectivity index (χ0n) is 12.4. The van der Waals surface area contributed by atoms with E-state index in [4.69, 9.17) is 25.8 Å². The van der Waals surface area contributed by atoms with Crippen LogP contribution in [0.3, 0.4) is 0 Å². The Balaban J connectivity index is 1.33. The van der Waals surface area contributed by atoms with Gasteiger partial charge in [0.05, 0.1) is 25.8 Å². The molecule has 2 saturated heterocycles. The quantitative estimate of drug-likeness (QED) is 0.804. The summed E-state index contributed by atoms with van der Waals surface area (Å²) in [6.07, 6.45) is 2.29. The lowest BCUT2D eigenvalue weighted by atomic mass is 10.1.